The van der Waals surface area contributed by atoms with Crippen molar-refractivity contribution in [1.82, 2.24) is 4.31 Å². The molecule has 1 aliphatic rings. The average molecular weight is 376 g/mol. The zero-order chi connectivity index (χ0) is 17.7. The summed E-state index contributed by atoms with van der Waals surface area (Å²) < 4.78 is 27.0. The SMILES string of the molecule is O=C(SCCc1ccccc1)C1CCCN1S(=O)(=O)c1ccccc1. The monoisotopic (exact) mass is 375 g/mol. The van der Waals surface area contributed by atoms with E-state index in [0.29, 0.717) is 18.7 Å². The molecular weight excluding hydrogens is 354 g/mol. The van der Waals surface area contributed by atoms with Crippen molar-refractivity contribution < 1.29 is 13.2 Å². The van der Waals surface area contributed by atoms with Gasteiger partial charge in [0, 0.05) is 12.3 Å². The highest BCUT2D eigenvalue weighted by Gasteiger charge is 2.39. The summed E-state index contributed by atoms with van der Waals surface area (Å²) >= 11 is 1.24. The first-order valence-electron chi connectivity index (χ1n) is 8.36. The maximum Gasteiger partial charge on any atom is 0.243 e. The number of rotatable bonds is 6. The van der Waals surface area contributed by atoms with Crippen LogP contribution in [0.2, 0.25) is 0 Å². The van der Waals surface area contributed by atoms with Gasteiger partial charge in [0.25, 0.3) is 0 Å². The molecule has 0 spiro atoms. The second-order valence-electron chi connectivity index (χ2n) is 5.99. The molecule has 0 N–H and O–H groups in total. The third-order valence-electron chi connectivity index (χ3n) is 4.30. The lowest BCUT2D eigenvalue weighted by atomic mass is 10.2. The predicted octanol–water partition coefficient (Wildman–Crippen LogP) is 3.34. The minimum atomic E-state index is -3.61. The van der Waals surface area contributed by atoms with Crippen LogP contribution in [-0.4, -0.2) is 36.2 Å². The van der Waals surface area contributed by atoms with Crippen molar-refractivity contribution in [3.63, 3.8) is 0 Å². The normalized spacial score (nSPS) is 18.3. The van der Waals surface area contributed by atoms with Gasteiger partial charge in [-0.05, 0) is 37.0 Å². The van der Waals surface area contributed by atoms with E-state index in [2.05, 4.69) is 0 Å². The fourth-order valence-corrected chi connectivity index (χ4v) is 5.72. The van der Waals surface area contributed by atoms with E-state index in [9.17, 15) is 13.2 Å². The van der Waals surface area contributed by atoms with Crippen LogP contribution in [0.1, 0.15) is 18.4 Å². The Kier molecular flexibility index (Phi) is 5.93. The smallest absolute Gasteiger partial charge is 0.243 e. The summed E-state index contributed by atoms with van der Waals surface area (Å²) in [5.41, 5.74) is 1.18. The van der Waals surface area contributed by atoms with E-state index in [4.69, 9.17) is 0 Å². The highest BCUT2D eigenvalue weighted by molar-refractivity contribution is 8.13. The van der Waals surface area contributed by atoms with Gasteiger partial charge in [0.2, 0.25) is 15.1 Å². The summed E-state index contributed by atoms with van der Waals surface area (Å²) in [5.74, 6) is 0.665. The molecule has 2 aromatic carbocycles. The first kappa shape index (κ1) is 18.2. The van der Waals surface area contributed by atoms with Crippen molar-refractivity contribution in [2.75, 3.05) is 12.3 Å². The lowest BCUT2D eigenvalue weighted by molar-refractivity contribution is -0.113. The highest BCUT2D eigenvalue weighted by Crippen LogP contribution is 2.29. The van der Waals surface area contributed by atoms with Gasteiger partial charge in [0.1, 0.15) is 0 Å². The molecule has 2 aromatic rings. The largest absolute Gasteiger partial charge is 0.285 e. The number of thioether (sulfide) groups is 1. The van der Waals surface area contributed by atoms with Crippen molar-refractivity contribution in [2.24, 2.45) is 0 Å². The van der Waals surface area contributed by atoms with Crippen molar-refractivity contribution in [1.29, 1.82) is 0 Å². The Hall–Kier alpha value is -1.63. The average Bonchev–Trinajstić information content (AvgIpc) is 3.14. The minimum absolute atomic E-state index is 0.0482. The molecule has 0 radical (unpaired) electrons. The van der Waals surface area contributed by atoms with E-state index in [1.54, 1.807) is 30.3 Å². The predicted molar refractivity (Wildman–Crippen MR) is 101 cm³/mol. The van der Waals surface area contributed by atoms with E-state index >= 15 is 0 Å². The first-order chi connectivity index (χ1) is 12.1. The maximum absolute atomic E-state index is 12.8. The molecule has 1 atom stereocenters. The molecule has 0 saturated carbocycles. The molecule has 6 heteroatoms. The topological polar surface area (TPSA) is 54.5 Å². The maximum atomic E-state index is 12.8. The molecule has 1 fully saturated rings. The number of hydrogen-bond donors (Lipinski definition) is 0. The van der Waals surface area contributed by atoms with E-state index < -0.39 is 16.1 Å². The van der Waals surface area contributed by atoms with Gasteiger partial charge in [-0.3, -0.25) is 4.79 Å². The summed E-state index contributed by atoms with van der Waals surface area (Å²) in [7, 11) is -3.61. The lowest BCUT2D eigenvalue weighted by Gasteiger charge is -2.22. The molecular formula is C19H21NO3S2. The van der Waals surface area contributed by atoms with Crippen molar-refractivity contribution >= 4 is 26.9 Å². The third-order valence-corrected chi connectivity index (χ3v) is 7.19. The zero-order valence-electron chi connectivity index (χ0n) is 13.9. The molecule has 1 aliphatic heterocycles. The Labute approximate surface area is 153 Å². The lowest BCUT2D eigenvalue weighted by Crippen LogP contribution is -2.39. The van der Waals surface area contributed by atoms with Crippen LogP contribution in [0.5, 0.6) is 0 Å². The van der Waals surface area contributed by atoms with Crippen molar-refractivity contribution in [3.05, 3.63) is 66.2 Å². The van der Waals surface area contributed by atoms with Gasteiger partial charge < -0.3 is 0 Å². The van der Waals surface area contributed by atoms with E-state index in [0.717, 1.165) is 12.8 Å². The molecule has 0 aromatic heterocycles. The van der Waals surface area contributed by atoms with Crippen molar-refractivity contribution in [3.8, 4) is 0 Å². The summed E-state index contributed by atoms with van der Waals surface area (Å²) in [6.45, 7) is 0.410. The fourth-order valence-electron chi connectivity index (χ4n) is 3.00. The molecule has 0 bridgehead atoms. The summed E-state index contributed by atoms with van der Waals surface area (Å²) in [5, 5.41) is -0.0482. The third kappa shape index (κ3) is 4.32. The number of aryl methyl sites for hydroxylation is 1. The van der Waals surface area contributed by atoms with Gasteiger partial charge in [-0.25, -0.2) is 8.42 Å². The molecule has 132 valence electrons. The van der Waals surface area contributed by atoms with Gasteiger partial charge >= 0.3 is 0 Å². The number of hydrogen-bond acceptors (Lipinski definition) is 4. The van der Waals surface area contributed by atoms with E-state index in [-0.39, 0.29) is 10.0 Å². The van der Waals surface area contributed by atoms with Crippen molar-refractivity contribution in [2.45, 2.75) is 30.2 Å². The Morgan fingerprint density at radius 3 is 2.36 bits per heavy atom. The van der Waals surface area contributed by atoms with Gasteiger partial charge in [-0.1, -0.05) is 60.3 Å². The Bertz CT molecular complexity index is 807. The number of nitrogens with zero attached hydrogens (tertiary/aromatic N) is 1. The van der Waals surface area contributed by atoms with Gasteiger partial charge in [0.05, 0.1) is 10.9 Å². The number of sulfonamides is 1. The van der Waals surface area contributed by atoms with E-state index in [1.165, 1.54) is 21.6 Å². The highest BCUT2D eigenvalue weighted by atomic mass is 32.2. The summed E-state index contributed by atoms with van der Waals surface area (Å²) in [6.07, 6.45) is 2.13. The fraction of sp³-hybridized carbons (Fsp3) is 0.316. The number of benzene rings is 2. The molecule has 3 rings (SSSR count). The van der Waals surface area contributed by atoms with Crippen LogP contribution in [0.4, 0.5) is 0 Å². The van der Waals surface area contributed by atoms with Crippen LogP contribution in [0.3, 0.4) is 0 Å². The number of carbonyl (C=O) groups excluding carboxylic acids is 1. The summed E-state index contributed by atoms with van der Waals surface area (Å²) in [4.78, 5) is 12.8. The Morgan fingerprint density at radius 2 is 1.68 bits per heavy atom. The zero-order valence-corrected chi connectivity index (χ0v) is 15.5. The quantitative estimate of drug-likeness (QED) is 0.777. The summed E-state index contributed by atoms with van der Waals surface area (Å²) in [6, 6.07) is 17.8. The molecule has 0 amide bonds. The molecule has 1 heterocycles. The second kappa shape index (κ2) is 8.17. The first-order valence-corrected chi connectivity index (χ1v) is 10.8. The van der Waals surface area contributed by atoms with Gasteiger partial charge in [-0.2, -0.15) is 4.31 Å². The van der Waals surface area contributed by atoms with Gasteiger partial charge in [0.15, 0.2) is 0 Å². The standard InChI is InChI=1S/C19H21NO3S2/c21-19(24-15-13-16-8-3-1-4-9-16)18-12-7-14-20(18)25(22,23)17-10-5-2-6-11-17/h1-6,8-11,18H,7,12-15H2. The van der Waals surface area contributed by atoms with Crippen LogP contribution in [-0.2, 0) is 21.2 Å². The Balaban J connectivity index is 1.64. The van der Waals surface area contributed by atoms with E-state index in [1.807, 2.05) is 30.3 Å². The molecule has 1 saturated heterocycles. The van der Waals surface area contributed by atoms with Crippen LogP contribution in [0, 0.1) is 0 Å². The van der Waals surface area contributed by atoms with Crippen LogP contribution < -0.4 is 0 Å². The van der Waals surface area contributed by atoms with Gasteiger partial charge in [-0.15, -0.1) is 0 Å². The second-order valence-corrected chi connectivity index (χ2v) is 8.98. The number of carbonyl (C=O) groups is 1. The molecule has 1 unspecified atom stereocenters. The van der Waals surface area contributed by atoms with Crippen LogP contribution in [0.15, 0.2) is 65.6 Å². The molecule has 0 aliphatic carbocycles. The van der Waals surface area contributed by atoms with Crippen LogP contribution in [0.25, 0.3) is 0 Å². The molecule has 4 nitrogen and oxygen atoms in total. The van der Waals surface area contributed by atoms with Crippen LogP contribution >= 0.6 is 11.8 Å². The minimum Gasteiger partial charge on any atom is -0.285 e. The Morgan fingerprint density at radius 1 is 1.04 bits per heavy atom. The molecule has 25 heavy (non-hydrogen) atoms.